The van der Waals surface area contributed by atoms with Gasteiger partial charge in [-0.25, -0.2) is 14.7 Å². The number of carbonyl (C=O) groups excluding carboxylic acids is 2. The van der Waals surface area contributed by atoms with Gasteiger partial charge in [-0.2, -0.15) is 0 Å². The number of hydrogen-bond donors (Lipinski definition) is 1. The quantitative estimate of drug-likeness (QED) is 0.813. The Bertz CT molecular complexity index is 849. The van der Waals surface area contributed by atoms with Crippen molar-refractivity contribution in [3.05, 3.63) is 29.3 Å². The molecule has 2 fully saturated rings. The van der Waals surface area contributed by atoms with E-state index in [9.17, 15) is 9.59 Å². The maximum absolute atomic E-state index is 13.1. The Morgan fingerprint density at radius 2 is 2.15 bits per heavy atom. The van der Waals surface area contributed by atoms with Crippen molar-refractivity contribution in [2.75, 3.05) is 13.7 Å². The molecule has 1 saturated carbocycles. The van der Waals surface area contributed by atoms with Crippen molar-refractivity contribution >= 4 is 33.5 Å². The molecule has 0 unspecified atom stereocenters. The number of carbonyl (C=O) groups is 2. The van der Waals surface area contributed by atoms with Crippen LogP contribution in [0.3, 0.4) is 0 Å². The predicted octanol–water partition coefficient (Wildman–Crippen LogP) is 3.75. The van der Waals surface area contributed by atoms with Gasteiger partial charge in [-0.1, -0.05) is 31.9 Å². The lowest BCUT2D eigenvalue weighted by atomic mass is 9.73. The van der Waals surface area contributed by atoms with Crippen LogP contribution in [0.15, 0.2) is 24.3 Å². The summed E-state index contributed by atoms with van der Waals surface area (Å²) in [5.41, 5.74) is 0.290. The van der Waals surface area contributed by atoms with E-state index in [-0.39, 0.29) is 30.6 Å². The molecule has 6 nitrogen and oxygen atoms in total. The van der Waals surface area contributed by atoms with Crippen LogP contribution in [0.2, 0.25) is 0 Å². The molecule has 1 aromatic heterocycles. The summed E-state index contributed by atoms with van der Waals surface area (Å²) in [6.07, 6.45) is 3.84. The summed E-state index contributed by atoms with van der Waals surface area (Å²) in [5, 5.41) is 4.01. The lowest BCUT2D eigenvalue weighted by Gasteiger charge is -2.37. The number of aromatic nitrogens is 1. The lowest BCUT2D eigenvalue weighted by Crippen LogP contribution is -2.54. The third-order valence-electron chi connectivity index (χ3n) is 6.19. The molecule has 1 spiro atoms. The number of para-hydroxylation sites is 1. The standard InChI is InChI=1S/C20H26N4O2S/c1-13-8-6-7-11-20(13)18(25)24(19(26)22-20)12-23(3)14(2)17-21-15-9-4-5-10-16(15)27-17/h4-5,9-10,13-14H,6-8,11-12H2,1-3H3,(H,22,26)/t13-,14+,20+/m1/s1. The highest BCUT2D eigenvalue weighted by molar-refractivity contribution is 7.18. The van der Waals surface area contributed by atoms with Gasteiger partial charge in [-0.05, 0) is 44.9 Å². The van der Waals surface area contributed by atoms with E-state index in [1.807, 2.05) is 30.1 Å². The van der Waals surface area contributed by atoms with Crippen molar-refractivity contribution < 1.29 is 9.59 Å². The molecular weight excluding hydrogens is 360 g/mol. The number of thiazole rings is 1. The van der Waals surface area contributed by atoms with Crippen LogP contribution in [0, 0.1) is 5.92 Å². The maximum atomic E-state index is 13.1. The second kappa shape index (κ2) is 6.87. The zero-order valence-electron chi connectivity index (χ0n) is 16.1. The number of rotatable bonds is 4. The largest absolute Gasteiger partial charge is 0.326 e. The minimum Gasteiger partial charge on any atom is -0.323 e. The molecular formula is C20H26N4O2S. The highest BCUT2D eigenvalue weighted by atomic mass is 32.1. The Kier molecular flexibility index (Phi) is 4.68. The van der Waals surface area contributed by atoms with Gasteiger partial charge in [0, 0.05) is 0 Å². The number of imide groups is 1. The summed E-state index contributed by atoms with van der Waals surface area (Å²) in [5.74, 6) is 0.114. The number of benzene rings is 1. The maximum Gasteiger partial charge on any atom is 0.326 e. The monoisotopic (exact) mass is 386 g/mol. The Labute approximate surface area is 163 Å². The second-order valence-corrected chi connectivity index (χ2v) is 8.94. The first-order valence-electron chi connectivity index (χ1n) is 9.62. The van der Waals surface area contributed by atoms with E-state index in [0.717, 1.165) is 40.9 Å². The molecule has 1 N–H and O–H groups in total. The van der Waals surface area contributed by atoms with Crippen molar-refractivity contribution in [2.45, 2.75) is 51.1 Å². The topological polar surface area (TPSA) is 65.5 Å². The van der Waals surface area contributed by atoms with E-state index >= 15 is 0 Å². The van der Waals surface area contributed by atoms with Crippen LogP contribution in [0.1, 0.15) is 50.6 Å². The predicted molar refractivity (Wildman–Crippen MR) is 106 cm³/mol. The first-order chi connectivity index (χ1) is 12.9. The highest BCUT2D eigenvalue weighted by Crippen LogP contribution is 2.38. The van der Waals surface area contributed by atoms with Crippen molar-refractivity contribution in [3.8, 4) is 0 Å². The fourth-order valence-electron chi connectivity index (χ4n) is 4.23. The number of urea groups is 1. The van der Waals surface area contributed by atoms with Gasteiger partial charge in [-0.15, -0.1) is 11.3 Å². The van der Waals surface area contributed by atoms with Gasteiger partial charge < -0.3 is 5.32 Å². The Hall–Kier alpha value is -1.99. The van der Waals surface area contributed by atoms with Crippen LogP contribution >= 0.6 is 11.3 Å². The van der Waals surface area contributed by atoms with Crippen LogP contribution < -0.4 is 5.32 Å². The SMILES string of the molecule is C[C@@H]1CCCC[C@]12NC(=O)N(CN(C)[C@@H](C)c1nc3ccccc3s1)C2=O. The molecule has 3 atom stereocenters. The normalized spacial score (nSPS) is 27.0. The smallest absolute Gasteiger partial charge is 0.323 e. The van der Waals surface area contributed by atoms with Gasteiger partial charge in [0.25, 0.3) is 5.91 Å². The molecule has 2 aromatic rings. The molecule has 1 aliphatic carbocycles. The molecule has 0 bridgehead atoms. The summed E-state index contributed by atoms with van der Waals surface area (Å²) in [4.78, 5) is 33.8. The number of fused-ring (bicyclic) bond motifs is 1. The Balaban J connectivity index is 1.51. The van der Waals surface area contributed by atoms with E-state index in [1.54, 1.807) is 11.3 Å². The minimum atomic E-state index is -0.699. The van der Waals surface area contributed by atoms with Crippen molar-refractivity contribution in [2.24, 2.45) is 5.92 Å². The van der Waals surface area contributed by atoms with Crippen LogP contribution in [-0.2, 0) is 4.79 Å². The van der Waals surface area contributed by atoms with Gasteiger partial charge in [-0.3, -0.25) is 9.69 Å². The highest BCUT2D eigenvalue weighted by Gasteiger charge is 2.55. The van der Waals surface area contributed by atoms with E-state index in [4.69, 9.17) is 4.98 Å². The number of amides is 3. The molecule has 2 aliphatic rings. The van der Waals surface area contributed by atoms with Gasteiger partial charge in [0.2, 0.25) is 0 Å². The molecule has 1 saturated heterocycles. The summed E-state index contributed by atoms with van der Waals surface area (Å²) >= 11 is 1.66. The molecule has 1 aromatic carbocycles. The minimum absolute atomic E-state index is 0.0170. The van der Waals surface area contributed by atoms with Gasteiger partial charge in [0.15, 0.2) is 0 Å². The molecule has 4 rings (SSSR count). The molecule has 7 heteroatoms. The third-order valence-corrected chi connectivity index (χ3v) is 7.40. The summed E-state index contributed by atoms with van der Waals surface area (Å²) in [6.45, 7) is 4.42. The molecule has 27 heavy (non-hydrogen) atoms. The van der Waals surface area contributed by atoms with Crippen molar-refractivity contribution in [1.29, 1.82) is 0 Å². The Morgan fingerprint density at radius 3 is 2.89 bits per heavy atom. The summed E-state index contributed by atoms with van der Waals surface area (Å²) in [7, 11) is 1.94. The van der Waals surface area contributed by atoms with Crippen molar-refractivity contribution in [3.63, 3.8) is 0 Å². The third kappa shape index (κ3) is 3.02. The average Bonchev–Trinajstić information content (AvgIpc) is 3.19. The molecule has 2 heterocycles. The number of hydrogen-bond acceptors (Lipinski definition) is 5. The first kappa shape index (κ1) is 18.4. The molecule has 0 radical (unpaired) electrons. The van der Waals surface area contributed by atoms with Gasteiger partial charge in [0.1, 0.15) is 10.5 Å². The van der Waals surface area contributed by atoms with Crippen LogP contribution in [0.5, 0.6) is 0 Å². The van der Waals surface area contributed by atoms with Crippen molar-refractivity contribution in [1.82, 2.24) is 20.1 Å². The van der Waals surface area contributed by atoms with Crippen LogP contribution in [0.25, 0.3) is 10.2 Å². The lowest BCUT2D eigenvalue weighted by molar-refractivity contribution is -0.135. The first-order valence-corrected chi connectivity index (χ1v) is 10.4. The van der Waals surface area contributed by atoms with E-state index in [2.05, 4.69) is 25.2 Å². The fourth-order valence-corrected chi connectivity index (χ4v) is 5.31. The van der Waals surface area contributed by atoms with E-state index < -0.39 is 5.54 Å². The zero-order chi connectivity index (χ0) is 19.2. The van der Waals surface area contributed by atoms with Crippen LogP contribution in [-0.4, -0.2) is 46.0 Å². The van der Waals surface area contributed by atoms with E-state index in [0.29, 0.717) is 0 Å². The molecule has 1 aliphatic heterocycles. The molecule has 144 valence electrons. The number of nitrogens with zero attached hydrogens (tertiary/aromatic N) is 3. The van der Waals surface area contributed by atoms with Gasteiger partial charge >= 0.3 is 6.03 Å². The number of nitrogens with one attached hydrogen (secondary N) is 1. The second-order valence-electron chi connectivity index (χ2n) is 7.88. The van der Waals surface area contributed by atoms with Gasteiger partial charge in [0.05, 0.1) is 22.9 Å². The fraction of sp³-hybridized carbons (Fsp3) is 0.550. The van der Waals surface area contributed by atoms with E-state index in [1.165, 1.54) is 4.90 Å². The summed E-state index contributed by atoms with van der Waals surface area (Å²) in [6, 6.07) is 7.82. The molecule has 3 amide bonds. The van der Waals surface area contributed by atoms with Crippen LogP contribution in [0.4, 0.5) is 4.79 Å². The Morgan fingerprint density at radius 1 is 1.37 bits per heavy atom. The zero-order valence-corrected chi connectivity index (χ0v) is 16.9. The average molecular weight is 387 g/mol. The summed E-state index contributed by atoms with van der Waals surface area (Å²) < 4.78 is 1.15.